The molecule has 1 heterocycles. The zero-order chi connectivity index (χ0) is 12.0. The molecule has 0 aliphatic carbocycles. The quantitative estimate of drug-likeness (QED) is 0.732. The fourth-order valence-corrected chi connectivity index (χ4v) is 1.77. The standard InChI is InChI=1S/C11H22N2O3.ClH/c1-8(5-6-15-2)13-11(14)10-4-3-9(7-12)16-10;/h8-10H,3-7,12H2,1-2H3,(H,13,14);1H/t8?,9-,10+;/m1./s1. The summed E-state index contributed by atoms with van der Waals surface area (Å²) < 4.78 is 10.5. The lowest BCUT2D eigenvalue weighted by molar-refractivity contribution is -0.132. The number of rotatable bonds is 6. The van der Waals surface area contributed by atoms with Crippen LogP contribution in [0.25, 0.3) is 0 Å². The molecule has 0 saturated carbocycles. The summed E-state index contributed by atoms with van der Waals surface area (Å²) in [7, 11) is 1.65. The summed E-state index contributed by atoms with van der Waals surface area (Å²) in [4.78, 5) is 11.8. The highest BCUT2D eigenvalue weighted by atomic mass is 35.5. The first-order chi connectivity index (χ1) is 7.67. The van der Waals surface area contributed by atoms with Gasteiger partial charge >= 0.3 is 0 Å². The molecule has 17 heavy (non-hydrogen) atoms. The Morgan fingerprint density at radius 1 is 1.59 bits per heavy atom. The van der Waals surface area contributed by atoms with Crippen LogP contribution in [-0.2, 0) is 14.3 Å². The molecule has 6 heteroatoms. The first kappa shape index (κ1) is 16.6. The minimum Gasteiger partial charge on any atom is -0.385 e. The molecule has 1 aliphatic heterocycles. The maximum absolute atomic E-state index is 11.8. The van der Waals surface area contributed by atoms with E-state index in [1.165, 1.54) is 0 Å². The first-order valence-electron chi connectivity index (χ1n) is 5.82. The summed E-state index contributed by atoms with van der Waals surface area (Å²) in [6, 6.07) is 0.118. The highest BCUT2D eigenvalue weighted by Crippen LogP contribution is 2.18. The number of amides is 1. The molecule has 1 fully saturated rings. The van der Waals surface area contributed by atoms with E-state index in [2.05, 4.69) is 5.32 Å². The van der Waals surface area contributed by atoms with Crippen molar-refractivity contribution < 1.29 is 14.3 Å². The number of nitrogens with two attached hydrogens (primary N) is 1. The van der Waals surface area contributed by atoms with Gasteiger partial charge in [0.1, 0.15) is 6.10 Å². The molecule has 0 aromatic heterocycles. The Labute approximate surface area is 109 Å². The molecule has 1 rings (SSSR count). The normalized spacial score (nSPS) is 25.1. The molecule has 3 N–H and O–H groups in total. The van der Waals surface area contributed by atoms with Crippen LogP contribution in [0.15, 0.2) is 0 Å². The number of hydrogen-bond acceptors (Lipinski definition) is 4. The Morgan fingerprint density at radius 3 is 2.82 bits per heavy atom. The predicted octanol–water partition coefficient (Wildman–Crippen LogP) is 0.456. The summed E-state index contributed by atoms with van der Waals surface area (Å²) in [5, 5.41) is 2.92. The van der Waals surface area contributed by atoms with Crippen molar-refractivity contribution in [3.8, 4) is 0 Å². The van der Waals surface area contributed by atoms with Crippen molar-refractivity contribution in [1.82, 2.24) is 5.32 Å². The lowest BCUT2D eigenvalue weighted by Gasteiger charge is -2.17. The Hall–Kier alpha value is -0.360. The number of methoxy groups -OCH3 is 1. The summed E-state index contributed by atoms with van der Waals surface area (Å²) in [5.74, 6) is -0.0282. The zero-order valence-electron chi connectivity index (χ0n) is 10.5. The van der Waals surface area contributed by atoms with Gasteiger partial charge in [-0.05, 0) is 26.2 Å². The van der Waals surface area contributed by atoms with Crippen molar-refractivity contribution in [3.05, 3.63) is 0 Å². The smallest absolute Gasteiger partial charge is 0.249 e. The number of carbonyl (C=O) groups excluding carboxylic acids is 1. The highest BCUT2D eigenvalue weighted by molar-refractivity contribution is 5.85. The summed E-state index contributed by atoms with van der Waals surface area (Å²) in [5.41, 5.74) is 5.49. The van der Waals surface area contributed by atoms with Gasteiger partial charge in [-0.1, -0.05) is 0 Å². The lowest BCUT2D eigenvalue weighted by Crippen LogP contribution is -2.40. The predicted molar refractivity (Wildman–Crippen MR) is 68.3 cm³/mol. The Bertz CT molecular complexity index is 229. The van der Waals surface area contributed by atoms with Crippen LogP contribution < -0.4 is 11.1 Å². The third-order valence-electron chi connectivity index (χ3n) is 2.81. The third-order valence-corrected chi connectivity index (χ3v) is 2.81. The molecule has 0 aromatic carbocycles. The fourth-order valence-electron chi connectivity index (χ4n) is 1.77. The average Bonchev–Trinajstić information content (AvgIpc) is 2.74. The summed E-state index contributed by atoms with van der Waals surface area (Å²) in [6.07, 6.45) is 2.18. The first-order valence-corrected chi connectivity index (χ1v) is 5.82. The Morgan fingerprint density at radius 2 is 2.29 bits per heavy atom. The average molecular weight is 267 g/mol. The molecule has 0 radical (unpaired) electrons. The van der Waals surface area contributed by atoms with E-state index in [-0.39, 0.29) is 36.6 Å². The van der Waals surface area contributed by atoms with E-state index in [0.717, 1.165) is 19.3 Å². The number of carbonyl (C=O) groups is 1. The minimum absolute atomic E-state index is 0. The van der Waals surface area contributed by atoms with Crippen molar-refractivity contribution >= 4 is 18.3 Å². The van der Waals surface area contributed by atoms with Gasteiger partial charge in [0.15, 0.2) is 0 Å². The molecule has 1 aliphatic rings. The number of hydrogen-bond donors (Lipinski definition) is 2. The van der Waals surface area contributed by atoms with E-state index in [9.17, 15) is 4.79 Å². The van der Waals surface area contributed by atoms with Gasteiger partial charge in [0, 0.05) is 26.3 Å². The van der Waals surface area contributed by atoms with E-state index in [1.54, 1.807) is 7.11 Å². The number of halogens is 1. The van der Waals surface area contributed by atoms with Crippen molar-refractivity contribution in [3.63, 3.8) is 0 Å². The second-order valence-corrected chi connectivity index (χ2v) is 4.25. The van der Waals surface area contributed by atoms with Crippen LogP contribution in [0.5, 0.6) is 0 Å². The topological polar surface area (TPSA) is 73.6 Å². The van der Waals surface area contributed by atoms with Crippen molar-refractivity contribution in [2.24, 2.45) is 5.73 Å². The van der Waals surface area contributed by atoms with Gasteiger partial charge in [0.05, 0.1) is 6.10 Å². The molecular formula is C11H23ClN2O3. The molecular weight excluding hydrogens is 244 g/mol. The maximum atomic E-state index is 11.8. The van der Waals surface area contributed by atoms with Gasteiger partial charge in [-0.3, -0.25) is 4.79 Å². The van der Waals surface area contributed by atoms with E-state index in [0.29, 0.717) is 13.2 Å². The van der Waals surface area contributed by atoms with Gasteiger partial charge in [0.25, 0.3) is 0 Å². The lowest BCUT2D eigenvalue weighted by atomic mass is 10.1. The number of ether oxygens (including phenoxy) is 2. The van der Waals surface area contributed by atoms with Crippen molar-refractivity contribution in [2.75, 3.05) is 20.3 Å². The maximum Gasteiger partial charge on any atom is 0.249 e. The SMILES string of the molecule is COCCC(C)NC(=O)[C@@H]1CC[C@H](CN)O1.Cl. The Balaban J connectivity index is 0.00000256. The highest BCUT2D eigenvalue weighted by Gasteiger charge is 2.30. The van der Waals surface area contributed by atoms with Crippen LogP contribution >= 0.6 is 12.4 Å². The summed E-state index contributed by atoms with van der Waals surface area (Å²) >= 11 is 0. The van der Waals surface area contributed by atoms with Crippen LogP contribution in [-0.4, -0.2) is 44.4 Å². The fraction of sp³-hybridized carbons (Fsp3) is 0.909. The zero-order valence-corrected chi connectivity index (χ0v) is 11.3. The summed E-state index contributed by atoms with van der Waals surface area (Å²) in [6.45, 7) is 3.10. The van der Waals surface area contributed by atoms with E-state index < -0.39 is 0 Å². The molecule has 0 aromatic rings. The van der Waals surface area contributed by atoms with Crippen LogP contribution in [0.4, 0.5) is 0 Å². The third kappa shape index (κ3) is 5.68. The van der Waals surface area contributed by atoms with Gasteiger partial charge in [-0.25, -0.2) is 0 Å². The molecule has 102 valence electrons. The van der Waals surface area contributed by atoms with Crippen molar-refractivity contribution in [2.45, 2.75) is 44.4 Å². The van der Waals surface area contributed by atoms with Crippen LogP contribution in [0.3, 0.4) is 0 Å². The molecule has 1 unspecified atom stereocenters. The molecule has 1 amide bonds. The molecule has 3 atom stereocenters. The van der Waals surface area contributed by atoms with Crippen LogP contribution in [0, 0.1) is 0 Å². The van der Waals surface area contributed by atoms with Gasteiger partial charge in [-0.15, -0.1) is 12.4 Å². The van der Waals surface area contributed by atoms with Gasteiger partial charge in [0.2, 0.25) is 5.91 Å². The monoisotopic (exact) mass is 266 g/mol. The van der Waals surface area contributed by atoms with Gasteiger partial charge in [-0.2, -0.15) is 0 Å². The van der Waals surface area contributed by atoms with E-state index in [4.69, 9.17) is 15.2 Å². The molecule has 5 nitrogen and oxygen atoms in total. The Kier molecular flexibility index (Phi) is 8.51. The van der Waals surface area contributed by atoms with E-state index in [1.807, 2.05) is 6.92 Å². The largest absolute Gasteiger partial charge is 0.385 e. The second-order valence-electron chi connectivity index (χ2n) is 4.25. The van der Waals surface area contributed by atoms with Crippen LogP contribution in [0.2, 0.25) is 0 Å². The molecule has 0 spiro atoms. The number of nitrogens with one attached hydrogen (secondary N) is 1. The molecule has 0 bridgehead atoms. The minimum atomic E-state index is -0.321. The van der Waals surface area contributed by atoms with E-state index >= 15 is 0 Å². The van der Waals surface area contributed by atoms with Gasteiger partial charge < -0.3 is 20.5 Å². The van der Waals surface area contributed by atoms with Crippen molar-refractivity contribution in [1.29, 1.82) is 0 Å². The van der Waals surface area contributed by atoms with Crippen LogP contribution in [0.1, 0.15) is 26.2 Å². The molecule has 1 saturated heterocycles. The second kappa shape index (κ2) is 8.69.